The summed E-state index contributed by atoms with van der Waals surface area (Å²) in [5.41, 5.74) is 6.71. The van der Waals surface area contributed by atoms with Gasteiger partial charge in [0, 0.05) is 21.9 Å². The lowest BCUT2D eigenvalue weighted by Gasteiger charge is -2.10. The van der Waals surface area contributed by atoms with Crippen molar-refractivity contribution in [1.82, 2.24) is 4.98 Å². The fraction of sp³-hybridized carbons (Fsp3) is 0.154. The molecule has 0 spiro atoms. The number of nitrogens with one attached hydrogen (secondary N) is 1. The van der Waals surface area contributed by atoms with Gasteiger partial charge in [-0.25, -0.2) is 17.8 Å². The standard InChI is InChI=1S/C13H13BrFN3O2S/c1-7-3-13(17-6-10(7)14)18-21(19,20)9-4-11(15)8(2)12(16)5-9/h3-6H,16H2,1-2H3,(H,17,18). The minimum atomic E-state index is -3.95. The second-order valence-corrected chi connectivity index (χ2v) is 7.08. The van der Waals surface area contributed by atoms with Gasteiger partial charge in [-0.3, -0.25) is 4.72 Å². The molecule has 0 fully saturated rings. The highest BCUT2D eigenvalue weighted by atomic mass is 79.9. The fourth-order valence-corrected chi connectivity index (χ4v) is 2.88. The van der Waals surface area contributed by atoms with E-state index >= 15 is 0 Å². The van der Waals surface area contributed by atoms with Crippen LogP contribution in [-0.2, 0) is 10.0 Å². The van der Waals surface area contributed by atoms with Crippen molar-refractivity contribution < 1.29 is 12.8 Å². The highest BCUT2D eigenvalue weighted by Gasteiger charge is 2.18. The number of hydrogen-bond donors (Lipinski definition) is 2. The molecule has 8 heteroatoms. The molecule has 0 aliphatic carbocycles. The first-order chi connectivity index (χ1) is 9.70. The van der Waals surface area contributed by atoms with Gasteiger partial charge in [0.1, 0.15) is 11.6 Å². The number of halogens is 2. The number of rotatable bonds is 3. The summed E-state index contributed by atoms with van der Waals surface area (Å²) in [5, 5.41) is 0. The minimum absolute atomic E-state index is 0.0790. The molecule has 1 heterocycles. The summed E-state index contributed by atoms with van der Waals surface area (Å²) < 4.78 is 41.1. The molecule has 112 valence electrons. The fourth-order valence-electron chi connectivity index (χ4n) is 1.62. The Labute approximate surface area is 130 Å². The molecule has 0 bridgehead atoms. The molecule has 5 nitrogen and oxygen atoms in total. The van der Waals surface area contributed by atoms with Crippen LogP contribution >= 0.6 is 15.9 Å². The van der Waals surface area contributed by atoms with Crippen molar-refractivity contribution in [3.8, 4) is 0 Å². The Hall–Kier alpha value is -1.67. The van der Waals surface area contributed by atoms with Crippen LogP contribution in [0, 0.1) is 19.7 Å². The predicted molar refractivity (Wildman–Crippen MR) is 83.0 cm³/mol. The average molecular weight is 374 g/mol. The smallest absolute Gasteiger partial charge is 0.263 e. The zero-order valence-electron chi connectivity index (χ0n) is 11.3. The molecule has 2 aromatic rings. The maximum absolute atomic E-state index is 13.6. The molecule has 1 aromatic carbocycles. The maximum Gasteiger partial charge on any atom is 0.263 e. The molecule has 0 saturated heterocycles. The van der Waals surface area contributed by atoms with Crippen LogP contribution in [0.4, 0.5) is 15.9 Å². The van der Waals surface area contributed by atoms with E-state index in [0.29, 0.717) is 0 Å². The monoisotopic (exact) mass is 373 g/mol. The number of aromatic nitrogens is 1. The second kappa shape index (κ2) is 5.61. The first-order valence-electron chi connectivity index (χ1n) is 5.91. The van der Waals surface area contributed by atoms with Crippen molar-refractivity contribution in [2.45, 2.75) is 18.7 Å². The van der Waals surface area contributed by atoms with Crippen molar-refractivity contribution in [1.29, 1.82) is 0 Å². The quantitative estimate of drug-likeness (QED) is 0.809. The third kappa shape index (κ3) is 3.33. The van der Waals surface area contributed by atoms with Gasteiger partial charge in [-0.1, -0.05) is 0 Å². The SMILES string of the molecule is Cc1cc(NS(=O)(=O)c2cc(N)c(C)c(F)c2)ncc1Br. The van der Waals surface area contributed by atoms with Gasteiger partial charge in [0.25, 0.3) is 10.0 Å². The number of nitrogens with two attached hydrogens (primary N) is 1. The van der Waals surface area contributed by atoms with Crippen LogP contribution in [0.25, 0.3) is 0 Å². The van der Waals surface area contributed by atoms with E-state index in [1.165, 1.54) is 19.2 Å². The lowest BCUT2D eigenvalue weighted by atomic mass is 10.2. The lowest BCUT2D eigenvalue weighted by Crippen LogP contribution is -2.15. The summed E-state index contributed by atoms with van der Waals surface area (Å²) in [5.74, 6) is -0.523. The number of hydrogen-bond acceptors (Lipinski definition) is 4. The number of pyridine rings is 1. The molecule has 0 aliphatic heterocycles. The summed E-state index contributed by atoms with van der Waals surface area (Å²) in [6, 6.07) is 3.71. The normalized spacial score (nSPS) is 11.4. The molecule has 3 N–H and O–H groups in total. The molecule has 0 aliphatic rings. The molecule has 1 aromatic heterocycles. The van der Waals surface area contributed by atoms with E-state index in [9.17, 15) is 12.8 Å². The van der Waals surface area contributed by atoms with Gasteiger partial charge < -0.3 is 5.73 Å². The first kappa shape index (κ1) is 15.7. The van der Waals surface area contributed by atoms with Gasteiger partial charge >= 0.3 is 0 Å². The largest absolute Gasteiger partial charge is 0.398 e. The molecule has 0 radical (unpaired) electrons. The van der Waals surface area contributed by atoms with E-state index in [4.69, 9.17) is 5.73 Å². The summed E-state index contributed by atoms with van der Waals surface area (Å²) in [6.45, 7) is 3.28. The predicted octanol–water partition coefficient (Wildman–Crippen LogP) is 2.98. The third-order valence-corrected chi connectivity index (χ3v) is 5.12. The van der Waals surface area contributed by atoms with Gasteiger partial charge in [-0.05, 0) is 53.5 Å². The number of sulfonamides is 1. The summed E-state index contributed by atoms with van der Waals surface area (Å²) in [4.78, 5) is 3.71. The van der Waals surface area contributed by atoms with E-state index in [1.807, 2.05) is 0 Å². The van der Waals surface area contributed by atoms with Crippen LogP contribution in [0.15, 0.2) is 33.8 Å². The van der Waals surface area contributed by atoms with E-state index in [2.05, 4.69) is 25.6 Å². The van der Waals surface area contributed by atoms with Crippen LogP contribution in [0.2, 0.25) is 0 Å². The summed E-state index contributed by atoms with van der Waals surface area (Å²) in [6.07, 6.45) is 1.48. The molecule has 21 heavy (non-hydrogen) atoms. The third-order valence-electron chi connectivity index (χ3n) is 2.95. The molecule has 2 rings (SSSR count). The summed E-state index contributed by atoms with van der Waals surface area (Å²) in [7, 11) is -3.95. The second-order valence-electron chi connectivity index (χ2n) is 4.54. The molecule has 0 amide bonds. The zero-order chi connectivity index (χ0) is 15.8. The topological polar surface area (TPSA) is 85.1 Å². The van der Waals surface area contributed by atoms with Crippen LogP contribution in [0.3, 0.4) is 0 Å². The van der Waals surface area contributed by atoms with Gasteiger partial charge in [0.05, 0.1) is 4.90 Å². The van der Waals surface area contributed by atoms with Crippen LogP contribution in [0.1, 0.15) is 11.1 Å². The van der Waals surface area contributed by atoms with Gasteiger partial charge in [0.2, 0.25) is 0 Å². The van der Waals surface area contributed by atoms with E-state index < -0.39 is 15.8 Å². The molecule has 0 atom stereocenters. The maximum atomic E-state index is 13.6. The van der Waals surface area contributed by atoms with Crippen molar-refractivity contribution in [3.63, 3.8) is 0 Å². The molecular weight excluding hydrogens is 361 g/mol. The summed E-state index contributed by atoms with van der Waals surface area (Å²) >= 11 is 3.28. The van der Waals surface area contributed by atoms with Crippen LogP contribution < -0.4 is 10.5 Å². The first-order valence-corrected chi connectivity index (χ1v) is 8.19. The number of anilines is 2. The Morgan fingerprint density at radius 1 is 1.29 bits per heavy atom. The average Bonchev–Trinajstić information content (AvgIpc) is 2.39. The van der Waals surface area contributed by atoms with Gasteiger partial charge in [0.15, 0.2) is 0 Å². The molecule has 0 saturated carbocycles. The van der Waals surface area contributed by atoms with Crippen molar-refractivity contribution in [2.24, 2.45) is 0 Å². The van der Waals surface area contributed by atoms with Crippen LogP contribution in [0.5, 0.6) is 0 Å². The molecular formula is C13H13BrFN3O2S. The number of aryl methyl sites for hydroxylation is 1. The van der Waals surface area contributed by atoms with Crippen molar-refractivity contribution in [2.75, 3.05) is 10.5 Å². The van der Waals surface area contributed by atoms with Crippen molar-refractivity contribution in [3.05, 3.63) is 45.8 Å². The van der Waals surface area contributed by atoms with E-state index in [-0.39, 0.29) is 22.0 Å². The number of benzene rings is 1. The van der Waals surface area contributed by atoms with E-state index in [1.54, 1.807) is 13.0 Å². The lowest BCUT2D eigenvalue weighted by molar-refractivity contribution is 0.593. The Kier molecular flexibility index (Phi) is 4.20. The Balaban J connectivity index is 2.40. The number of nitrogen functional groups attached to an aromatic ring is 1. The van der Waals surface area contributed by atoms with Gasteiger partial charge in [-0.15, -0.1) is 0 Å². The Morgan fingerprint density at radius 2 is 1.95 bits per heavy atom. The highest BCUT2D eigenvalue weighted by molar-refractivity contribution is 9.10. The minimum Gasteiger partial charge on any atom is -0.398 e. The molecule has 0 unspecified atom stereocenters. The van der Waals surface area contributed by atoms with E-state index in [0.717, 1.165) is 16.1 Å². The Morgan fingerprint density at radius 3 is 2.52 bits per heavy atom. The van der Waals surface area contributed by atoms with Crippen molar-refractivity contribution >= 4 is 37.5 Å². The zero-order valence-corrected chi connectivity index (χ0v) is 13.7. The highest BCUT2D eigenvalue weighted by Crippen LogP contribution is 2.24. The number of nitrogens with zero attached hydrogens (tertiary/aromatic N) is 1. The Bertz CT molecular complexity index is 786. The van der Waals surface area contributed by atoms with Crippen LogP contribution in [-0.4, -0.2) is 13.4 Å². The van der Waals surface area contributed by atoms with Gasteiger partial charge in [-0.2, -0.15) is 0 Å².